The molecule has 14 heteroatoms. The molecule has 252 valence electrons. The highest BCUT2D eigenvalue weighted by molar-refractivity contribution is 6.32. The van der Waals surface area contributed by atoms with E-state index in [9.17, 15) is 18.8 Å². The van der Waals surface area contributed by atoms with Crippen molar-refractivity contribution in [2.24, 2.45) is 0 Å². The van der Waals surface area contributed by atoms with Gasteiger partial charge < -0.3 is 20.3 Å². The Balaban J connectivity index is 1.20. The number of hydrogen-bond donors (Lipinski definition) is 2. The molecule has 6 bridgehead atoms. The Morgan fingerprint density at radius 3 is 2.78 bits per heavy atom. The van der Waals surface area contributed by atoms with E-state index in [4.69, 9.17) is 21.4 Å². The minimum absolute atomic E-state index is 0.141. The molecule has 0 aliphatic carbocycles. The van der Waals surface area contributed by atoms with Crippen molar-refractivity contribution in [3.05, 3.63) is 95.7 Å². The van der Waals surface area contributed by atoms with E-state index >= 15 is 0 Å². The number of amides is 3. The third-order valence-corrected chi connectivity index (χ3v) is 9.18. The molecule has 3 aromatic carbocycles. The van der Waals surface area contributed by atoms with E-state index in [0.717, 1.165) is 22.0 Å². The number of nitrogens with zero attached hydrogens (tertiary/aromatic N) is 6. The summed E-state index contributed by atoms with van der Waals surface area (Å²) in [7, 11) is 1.59. The molecule has 5 aromatic rings. The quantitative estimate of drug-likeness (QED) is 0.297. The SMILES string of the molecule is CNC(=O)CN1CCNC(=O)[C@@H]2C[C@@H](CN2C(=O)c2cnn(-c3ccc(F)cc3Cl)c2)Oc2cccc(c2)-c2cccc3nn(cc23)CC1. The third-order valence-electron chi connectivity index (χ3n) is 8.88. The number of likely N-dealkylation sites (N-methyl/N-ethyl adjacent to an activating group) is 1. The van der Waals surface area contributed by atoms with Gasteiger partial charge in [0.1, 0.15) is 23.7 Å². The number of likely N-dealkylation sites (tertiary alicyclic amines) is 1. The van der Waals surface area contributed by atoms with Crippen LogP contribution in [0.2, 0.25) is 5.02 Å². The molecule has 2 N–H and O–H groups in total. The lowest BCUT2D eigenvalue weighted by Crippen LogP contribution is -2.48. The van der Waals surface area contributed by atoms with Gasteiger partial charge in [0.15, 0.2) is 0 Å². The molecule has 2 aliphatic rings. The second-order valence-electron chi connectivity index (χ2n) is 12.1. The van der Waals surface area contributed by atoms with Crippen LogP contribution >= 0.6 is 11.6 Å². The summed E-state index contributed by atoms with van der Waals surface area (Å²) in [5.41, 5.74) is 3.44. The maximum absolute atomic E-state index is 14.0. The van der Waals surface area contributed by atoms with Crippen molar-refractivity contribution in [2.45, 2.75) is 25.1 Å². The van der Waals surface area contributed by atoms with Crippen molar-refractivity contribution in [1.82, 2.24) is 40.0 Å². The molecule has 1 fully saturated rings. The maximum atomic E-state index is 14.0. The topological polar surface area (TPSA) is 127 Å². The number of halogens is 2. The van der Waals surface area contributed by atoms with Crippen LogP contribution in [0, 0.1) is 5.82 Å². The van der Waals surface area contributed by atoms with Gasteiger partial charge >= 0.3 is 0 Å². The van der Waals surface area contributed by atoms with Crippen LogP contribution in [0.4, 0.5) is 4.39 Å². The van der Waals surface area contributed by atoms with Gasteiger partial charge in [0.05, 0.1) is 47.6 Å². The second-order valence-corrected chi connectivity index (χ2v) is 12.5. The summed E-state index contributed by atoms with van der Waals surface area (Å²) >= 11 is 6.24. The fraction of sp³-hybridized carbons (Fsp3) is 0.286. The Hall–Kier alpha value is -5.27. The van der Waals surface area contributed by atoms with Crippen LogP contribution in [-0.2, 0) is 16.1 Å². The van der Waals surface area contributed by atoms with Gasteiger partial charge in [-0.05, 0) is 47.5 Å². The smallest absolute Gasteiger partial charge is 0.257 e. The van der Waals surface area contributed by atoms with E-state index in [2.05, 4.69) is 15.7 Å². The molecule has 4 heterocycles. The number of carbonyl (C=O) groups excluding carboxylic acids is 3. The summed E-state index contributed by atoms with van der Waals surface area (Å²) in [5, 5.41) is 15.8. The largest absolute Gasteiger partial charge is 0.488 e. The van der Waals surface area contributed by atoms with Crippen molar-refractivity contribution in [3.63, 3.8) is 0 Å². The van der Waals surface area contributed by atoms with E-state index in [-0.39, 0.29) is 48.5 Å². The second kappa shape index (κ2) is 13.7. The molecule has 49 heavy (non-hydrogen) atoms. The lowest BCUT2D eigenvalue weighted by molar-refractivity contribution is -0.124. The lowest BCUT2D eigenvalue weighted by atomic mass is 10.0. The monoisotopic (exact) mass is 684 g/mol. The zero-order chi connectivity index (χ0) is 34.1. The summed E-state index contributed by atoms with van der Waals surface area (Å²) in [6.45, 7) is 2.03. The van der Waals surface area contributed by atoms with Crippen LogP contribution in [0.3, 0.4) is 0 Å². The van der Waals surface area contributed by atoms with Gasteiger partial charge in [-0.15, -0.1) is 0 Å². The number of benzene rings is 3. The summed E-state index contributed by atoms with van der Waals surface area (Å²) in [5.74, 6) is -0.745. The van der Waals surface area contributed by atoms with Crippen molar-refractivity contribution in [1.29, 1.82) is 0 Å². The average molecular weight is 685 g/mol. The standard InChI is InChI=1S/C35H34ClFN8O4/c1-38-33(46)21-42-11-10-39-34(47)32-16-26(19-44(32)35(48)23-17-40-45(18-23)31-9-8-24(37)15-29(31)36)49-25-5-2-4-22(14-25)27-6-3-7-30-28(27)20-43(41-30)13-12-42/h2-9,14-15,17-18,20,26,32H,10-13,16,19,21H2,1H3,(H,38,46)(H,39,47)/t26-,32-/m0/s1. The Morgan fingerprint density at radius 1 is 1.08 bits per heavy atom. The number of nitrogens with one attached hydrogen (secondary N) is 2. The van der Waals surface area contributed by atoms with E-state index in [1.54, 1.807) is 7.05 Å². The fourth-order valence-corrected chi connectivity index (χ4v) is 6.65. The van der Waals surface area contributed by atoms with Gasteiger partial charge in [-0.25, -0.2) is 9.07 Å². The van der Waals surface area contributed by atoms with E-state index in [1.807, 2.05) is 58.2 Å². The molecule has 2 aliphatic heterocycles. The van der Waals surface area contributed by atoms with E-state index in [0.29, 0.717) is 31.1 Å². The van der Waals surface area contributed by atoms with Crippen LogP contribution in [0.25, 0.3) is 27.7 Å². The zero-order valence-corrected chi connectivity index (χ0v) is 27.4. The van der Waals surface area contributed by atoms with Crippen LogP contribution < -0.4 is 15.4 Å². The Bertz CT molecular complexity index is 2050. The highest BCUT2D eigenvalue weighted by Crippen LogP contribution is 2.32. The highest BCUT2D eigenvalue weighted by atomic mass is 35.5. The number of ether oxygens (including phenoxy) is 1. The van der Waals surface area contributed by atoms with E-state index in [1.165, 1.54) is 40.2 Å². The number of rotatable bonds is 4. The van der Waals surface area contributed by atoms with Crippen molar-refractivity contribution >= 4 is 40.2 Å². The molecular formula is C35H34ClFN8O4. The predicted octanol–water partition coefficient (Wildman–Crippen LogP) is 3.52. The summed E-state index contributed by atoms with van der Waals surface area (Å²) in [6, 6.07) is 16.8. The van der Waals surface area contributed by atoms with Crippen LogP contribution in [0.15, 0.2) is 79.3 Å². The van der Waals surface area contributed by atoms with Crippen LogP contribution in [0.5, 0.6) is 5.75 Å². The van der Waals surface area contributed by atoms with Crippen molar-refractivity contribution in [3.8, 4) is 22.6 Å². The minimum Gasteiger partial charge on any atom is -0.488 e. The molecule has 0 unspecified atom stereocenters. The molecule has 2 atom stereocenters. The summed E-state index contributed by atoms with van der Waals surface area (Å²) in [6.07, 6.45) is 4.71. The van der Waals surface area contributed by atoms with Crippen LogP contribution in [-0.4, -0.2) is 99.0 Å². The average Bonchev–Trinajstić information content (AvgIpc) is 3.85. The first kappa shape index (κ1) is 32.3. The first-order chi connectivity index (χ1) is 23.7. The molecule has 3 amide bonds. The highest BCUT2D eigenvalue weighted by Gasteiger charge is 2.41. The number of carbonyl (C=O) groups is 3. The third kappa shape index (κ3) is 6.85. The number of hydrogen-bond acceptors (Lipinski definition) is 7. The predicted molar refractivity (Wildman–Crippen MR) is 181 cm³/mol. The zero-order valence-electron chi connectivity index (χ0n) is 26.7. The van der Waals surface area contributed by atoms with Gasteiger partial charge in [0.25, 0.3) is 5.91 Å². The molecule has 0 radical (unpaired) electrons. The van der Waals surface area contributed by atoms with Gasteiger partial charge in [-0.3, -0.25) is 24.0 Å². The molecule has 0 saturated carbocycles. The molecule has 12 nitrogen and oxygen atoms in total. The van der Waals surface area contributed by atoms with Gasteiger partial charge in [0, 0.05) is 50.9 Å². The fourth-order valence-electron chi connectivity index (χ4n) is 6.39. The first-order valence-corrected chi connectivity index (χ1v) is 16.4. The van der Waals surface area contributed by atoms with E-state index < -0.39 is 23.9 Å². The molecule has 7 rings (SSSR count). The first-order valence-electron chi connectivity index (χ1n) is 16.0. The van der Waals surface area contributed by atoms with Gasteiger partial charge in [-0.1, -0.05) is 35.9 Å². The van der Waals surface area contributed by atoms with Crippen LogP contribution in [0.1, 0.15) is 16.8 Å². The van der Waals surface area contributed by atoms with Crippen molar-refractivity contribution in [2.75, 3.05) is 39.8 Å². The lowest BCUT2D eigenvalue weighted by Gasteiger charge is -2.25. The van der Waals surface area contributed by atoms with Crippen molar-refractivity contribution < 1.29 is 23.5 Å². The summed E-state index contributed by atoms with van der Waals surface area (Å²) < 4.78 is 23.4. The molecule has 2 aromatic heterocycles. The van der Waals surface area contributed by atoms with Gasteiger partial charge in [-0.2, -0.15) is 10.2 Å². The number of aromatic nitrogens is 4. The molecular weight excluding hydrogens is 651 g/mol. The van der Waals surface area contributed by atoms with Gasteiger partial charge in [0.2, 0.25) is 11.8 Å². The Kier molecular flexibility index (Phi) is 9.02. The molecule has 1 saturated heterocycles. The Morgan fingerprint density at radius 2 is 1.94 bits per heavy atom. The maximum Gasteiger partial charge on any atom is 0.257 e. The minimum atomic E-state index is -0.820. The molecule has 0 spiro atoms. The number of fused-ring (bicyclic) bond motifs is 6. The Labute approximate surface area is 286 Å². The normalized spacial score (nSPS) is 18.5. The summed E-state index contributed by atoms with van der Waals surface area (Å²) in [4.78, 5) is 43.5.